The average molecular weight is 420 g/mol. The number of aromatic amines is 2. The zero-order valence-corrected chi connectivity index (χ0v) is 17.9. The monoisotopic (exact) mass is 419 g/mol. The van der Waals surface area contributed by atoms with Gasteiger partial charge in [0.1, 0.15) is 0 Å². The summed E-state index contributed by atoms with van der Waals surface area (Å²) in [6.07, 6.45) is 5.49. The first-order valence-corrected chi connectivity index (χ1v) is 9.75. The molecule has 0 fully saturated rings. The van der Waals surface area contributed by atoms with E-state index < -0.39 is 0 Å². The van der Waals surface area contributed by atoms with Crippen LogP contribution in [0.5, 0.6) is 0 Å². The third-order valence-corrected chi connectivity index (χ3v) is 4.59. The Morgan fingerprint density at radius 1 is 1.32 bits per heavy atom. The number of aryl methyl sites for hydroxylation is 1. The Morgan fingerprint density at radius 2 is 2.11 bits per heavy atom. The van der Waals surface area contributed by atoms with Crippen molar-refractivity contribution in [2.24, 2.45) is 0 Å². The SMILES string of the molecule is CCc1ccc(N(C)CCNC(=O)c2nc(=S)[nH]c(=S)[nH]2)cc1C/C=C\OC. The first kappa shape index (κ1) is 21.8. The van der Waals surface area contributed by atoms with Gasteiger partial charge in [0.25, 0.3) is 5.91 Å². The number of rotatable bonds is 9. The lowest BCUT2D eigenvalue weighted by atomic mass is 10.0. The van der Waals surface area contributed by atoms with Crippen molar-refractivity contribution in [3.63, 3.8) is 0 Å². The van der Waals surface area contributed by atoms with Crippen molar-refractivity contribution in [1.82, 2.24) is 20.3 Å². The molecular formula is C19H25N5O2S2. The van der Waals surface area contributed by atoms with Gasteiger partial charge in [-0.25, -0.2) is 0 Å². The molecule has 2 rings (SSSR count). The van der Waals surface area contributed by atoms with Crippen LogP contribution in [0.25, 0.3) is 0 Å². The molecular weight excluding hydrogens is 394 g/mol. The number of ether oxygens (including phenoxy) is 1. The highest BCUT2D eigenvalue weighted by molar-refractivity contribution is 7.71. The number of methoxy groups -OCH3 is 1. The lowest BCUT2D eigenvalue weighted by Crippen LogP contribution is -2.34. The average Bonchev–Trinajstić information content (AvgIpc) is 2.67. The van der Waals surface area contributed by atoms with Crippen LogP contribution < -0.4 is 10.2 Å². The van der Waals surface area contributed by atoms with E-state index in [4.69, 9.17) is 29.2 Å². The van der Waals surface area contributed by atoms with E-state index in [9.17, 15) is 4.79 Å². The molecule has 0 atom stereocenters. The molecule has 0 aliphatic heterocycles. The van der Waals surface area contributed by atoms with Crippen molar-refractivity contribution in [2.45, 2.75) is 19.8 Å². The number of allylic oxidation sites excluding steroid dienone is 1. The van der Waals surface area contributed by atoms with E-state index in [1.807, 2.05) is 13.1 Å². The van der Waals surface area contributed by atoms with Gasteiger partial charge in [0.05, 0.1) is 13.4 Å². The maximum atomic E-state index is 12.2. The van der Waals surface area contributed by atoms with E-state index in [1.54, 1.807) is 13.4 Å². The Hall–Kier alpha value is -2.52. The number of nitrogens with one attached hydrogen (secondary N) is 3. The van der Waals surface area contributed by atoms with Crippen LogP contribution in [0, 0.1) is 9.54 Å². The Labute approximate surface area is 174 Å². The van der Waals surface area contributed by atoms with E-state index in [-0.39, 0.29) is 21.3 Å². The number of H-pyrrole nitrogens is 2. The molecule has 0 spiro atoms. The fourth-order valence-corrected chi connectivity index (χ4v) is 3.16. The van der Waals surface area contributed by atoms with Crippen LogP contribution in [-0.2, 0) is 17.6 Å². The van der Waals surface area contributed by atoms with Crippen molar-refractivity contribution < 1.29 is 9.53 Å². The number of benzene rings is 1. The molecule has 0 bridgehead atoms. The van der Waals surface area contributed by atoms with Gasteiger partial charge in [-0.2, -0.15) is 4.98 Å². The quantitative estimate of drug-likeness (QED) is 0.427. The maximum Gasteiger partial charge on any atom is 0.287 e. The maximum absolute atomic E-state index is 12.2. The molecule has 1 aromatic carbocycles. The van der Waals surface area contributed by atoms with E-state index in [2.05, 4.69) is 50.3 Å². The number of nitrogens with zero attached hydrogens (tertiary/aromatic N) is 2. The van der Waals surface area contributed by atoms with Gasteiger partial charge >= 0.3 is 0 Å². The van der Waals surface area contributed by atoms with Gasteiger partial charge in [-0.05, 0) is 66.6 Å². The van der Waals surface area contributed by atoms with E-state index in [0.717, 1.165) is 18.5 Å². The van der Waals surface area contributed by atoms with E-state index in [1.165, 1.54) is 11.1 Å². The Morgan fingerprint density at radius 3 is 2.79 bits per heavy atom. The van der Waals surface area contributed by atoms with Gasteiger partial charge in [-0.15, -0.1) is 0 Å². The van der Waals surface area contributed by atoms with Gasteiger partial charge in [0, 0.05) is 25.8 Å². The molecule has 0 unspecified atom stereocenters. The van der Waals surface area contributed by atoms with Gasteiger partial charge in [-0.3, -0.25) is 4.79 Å². The third kappa shape index (κ3) is 6.28. The minimum Gasteiger partial charge on any atom is -0.505 e. The molecule has 28 heavy (non-hydrogen) atoms. The van der Waals surface area contributed by atoms with Crippen molar-refractivity contribution in [2.75, 3.05) is 32.1 Å². The van der Waals surface area contributed by atoms with Crippen LogP contribution in [0.4, 0.5) is 5.69 Å². The topological polar surface area (TPSA) is 86.0 Å². The van der Waals surface area contributed by atoms with Crippen LogP contribution in [-0.4, -0.2) is 48.1 Å². The number of hydrogen-bond acceptors (Lipinski definition) is 6. The largest absolute Gasteiger partial charge is 0.505 e. The minimum absolute atomic E-state index is 0.107. The van der Waals surface area contributed by atoms with Gasteiger partial charge in [-0.1, -0.05) is 13.0 Å². The zero-order chi connectivity index (χ0) is 20.5. The summed E-state index contributed by atoms with van der Waals surface area (Å²) in [5.74, 6) is -0.234. The Kier molecular flexibility index (Phi) is 8.34. The first-order valence-electron chi connectivity index (χ1n) is 8.94. The summed E-state index contributed by atoms with van der Waals surface area (Å²) >= 11 is 9.92. The highest BCUT2D eigenvalue weighted by Crippen LogP contribution is 2.20. The van der Waals surface area contributed by atoms with Gasteiger partial charge in [0.2, 0.25) is 10.6 Å². The number of aromatic nitrogens is 3. The lowest BCUT2D eigenvalue weighted by Gasteiger charge is -2.21. The third-order valence-electron chi connectivity index (χ3n) is 4.20. The first-order chi connectivity index (χ1) is 13.4. The molecule has 7 nitrogen and oxygen atoms in total. The molecule has 3 N–H and O–H groups in total. The summed E-state index contributed by atoms with van der Waals surface area (Å²) < 4.78 is 5.44. The molecule has 0 saturated carbocycles. The van der Waals surface area contributed by atoms with Crippen molar-refractivity contribution in [1.29, 1.82) is 0 Å². The second-order valence-electron chi connectivity index (χ2n) is 6.14. The Balaban J connectivity index is 1.98. The molecule has 9 heteroatoms. The van der Waals surface area contributed by atoms with Crippen molar-refractivity contribution in [3.8, 4) is 0 Å². The molecule has 0 aliphatic rings. The van der Waals surface area contributed by atoms with Crippen molar-refractivity contribution in [3.05, 3.63) is 57.0 Å². The van der Waals surface area contributed by atoms with E-state index >= 15 is 0 Å². The molecule has 0 aliphatic carbocycles. The zero-order valence-electron chi connectivity index (χ0n) is 16.2. The molecule has 150 valence electrons. The second kappa shape index (κ2) is 10.7. The van der Waals surface area contributed by atoms with E-state index in [0.29, 0.717) is 13.1 Å². The molecule has 1 heterocycles. The number of hydrogen-bond donors (Lipinski definition) is 3. The fourth-order valence-electron chi connectivity index (χ4n) is 2.71. The predicted octanol–water partition coefficient (Wildman–Crippen LogP) is 3.33. The number of carbonyl (C=O) groups excluding carboxylic acids is 1. The molecule has 1 amide bonds. The normalized spacial score (nSPS) is 10.8. The van der Waals surface area contributed by atoms with Crippen LogP contribution in [0.2, 0.25) is 0 Å². The molecule has 2 aromatic rings. The summed E-state index contributed by atoms with van der Waals surface area (Å²) in [5.41, 5.74) is 3.67. The summed E-state index contributed by atoms with van der Waals surface area (Å²) in [5, 5.41) is 2.82. The number of amides is 1. The summed E-state index contributed by atoms with van der Waals surface area (Å²) in [6.45, 7) is 3.25. The number of anilines is 1. The van der Waals surface area contributed by atoms with Crippen molar-refractivity contribution >= 4 is 36.0 Å². The second-order valence-corrected chi connectivity index (χ2v) is 6.94. The Bertz CT molecular complexity index is 924. The molecule has 0 saturated heterocycles. The fraction of sp³-hybridized carbons (Fsp3) is 0.368. The van der Waals surface area contributed by atoms with Gasteiger partial charge < -0.3 is 24.9 Å². The minimum atomic E-state index is -0.341. The van der Waals surface area contributed by atoms with Crippen LogP contribution in [0.1, 0.15) is 28.7 Å². The van der Waals surface area contributed by atoms with Crippen LogP contribution in [0.15, 0.2) is 30.5 Å². The summed E-state index contributed by atoms with van der Waals surface area (Å²) in [4.78, 5) is 23.6. The smallest absolute Gasteiger partial charge is 0.287 e. The lowest BCUT2D eigenvalue weighted by molar-refractivity contribution is 0.0943. The number of carbonyl (C=O) groups is 1. The predicted molar refractivity (Wildman–Crippen MR) is 116 cm³/mol. The highest BCUT2D eigenvalue weighted by Gasteiger charge is 2.09. The molecule has 1 aromatic heterocycles. The standard InChI is InChI=1S/C19H25N5O2S2/c1-4-13-7-8-15(12-14(13)6-5-11-26-3)24(2)10-9-20-17(25)16-21-18(27)23-19(28)22-16/h5,7-8,11-12H,4,6,9-10H2,1-3H3,(H,20,25)(H2,21,22,23,27,28)/b11-5-. The van der Waals surface area contributed by atoms with Crippen LogP contribution in [0.3, 0.4) is 0 Å². The highest BCUT2D eigenvalue weighted by atomic mass is 32.1. The number of likely N-dealkylation sites (N-methyl/N-ethyl adjacent to an activating group) is 1. The van der Waals surface area contributed by atoms with Crippen LogP contribution >= 0.6 is 24.4 Å². The van der Waals surface area contributed by atoms with Gasteiger partial charge in [0.15, 0.2) is 4.77 Å². The molecule has 0 radical (unpaired) electrons. The summed E-state index contributed by atoms with van der Waals surface area (Å²) in [7, 11) is 3.63. The summed E-state index contributed by atoms with van der Waals surface area (Å²) in [6, 6.07) is 6.42.